The molecule has 1 aliphatic heterocycles. The molecule has 4 heteroatoms. The number of rotatable bonds is 4. The first-order valence-corrected chi connectivity index (χ1v) is 6.87. The van der Waals surface area contributed by atoms with Crippen molar-refractivity contribution in [3.63, 3.8) is 0 Å². The molecule has 0 saturated carbocycles. The molecule has 0 bridgehead atoms. The van der Waals surface area contributed by atoms with Crippen molar-refractivity contribution in [1.82, 2.24) is 4.57 Å². The lowest BCUT2D eigenvalue weighted by molar-refractivity contribution is 0.165. The summed E-state index contributed by atoms with van der Waals surface area (Å²) in [6, 6.07) is 0. The van der Waals surface area contributed by atoms with Gasteiger partial charge in [0.15, 0.2) is 0 Å². The molecule has 0 aromatic carbocycles. The molecule has 1 rings (SSSR count). The molecule has 78 valence electrons. The predicted molar refractivity (Wildman–Crippen MR) is 55.7 cm³/mol. The third-order valence-corrected chi connectivity index (χ3v) is 6.82. The monoisotopic (exact) mass is 203 g/mol. The zero-order chi connectivity index (χ0) is 9.90. The Morgan fingerprint density at radius 2 is 1.54 bits per heavy atom. The Balaban J connectivity index is 2.74. The SMILES string of the molecule is CO[Si](OC)(C(C)C)N1CCCC1. The number of nitrogens with zero attached hydrogens (tertiary/aromatic N) is 1. The molecule has 1 saturated heterocycles. The van der Waals surface area contributed by atoms with E-state index in [1.807, 2.05) is 0 Å². The summed E-state index contributed by atoms with van der Waals surface area (Å²) in [4.78, 5) is 0. The van der Waals surface area contributed by atoms with Gasteiger partial charge in [0.1, 0.15) is 0 Å². The molecule has 0 amide bonds. The molecule has 0 aliphatic carbocycles. The summed E-state index contributed by atoms with van der Waals surface area (Å²) in [5.74, 6) is 0. The zero-order valence-corrected chi connectivity index (χ0v) is 10.2. The van der Waals surface area contributed by atoms with Gasteiger partial charge in [0.05, 0.1) is 0 Å². The molecule has 0 aromatic heterocycles. The summed E-state index contributed by atoms with van der Waals surface area (Å²) in [5.41, 5.74) is 0.487. The molecule has 0 unspecified atom stereocenters. The topological polar surface area (TPSA) is 21.7 Å². The minimum absolute atomic E-state index is 0.487. The van der Waals surface area contributed by atoms with E-state index >= 15 is 0 Å². The Hall–Kier alpha value is 0.0969. The Morgan fingerprint density at radius 3 is 1.85 bits per heavy atom. The van der Waals surface area contributed by atoms with Gasteiger partial charge in [-0.05, 0) is 25.9 Å². The molecule has 3 nitrogen and oxygen atoms in total. The van der Waals surface area contributed by atoms with Crippen LogP contribution in [0.5, 0.6) is 0 Å². The van der Waals surface area contributed by atoms with Crippen molar-refractivity contribution in [3.05, 3.63) is 0 Å². The summed E-state index contributed by atoms with van der Waals surface area (Å²) in [6.45, 7) is 6.67. The van der Waals surface area contributed by atoms with Crippen LogP contribution in [0.25, 0.3) is 0 Å². The number of hydrogen-bond acceptors (Lipinski definition) is 3. The molecule has 0 radical (unpaired) electrons. The maximum Gasteiger partial charge on any atom is 0.429 e. The van der Waals surface area contributed by atoms with Gasteiger partial charge in [-0.1, -0.05) is 13.8 Å². The molecule has 1 fully saturated rings. The standard InChI is InChI=1S/C9H21NO2Si/c1-9(2)13(11-3,12-4)10-7-5-6-8-10/h9H,5-8H2,1-4H3. The molecule has 0 spiro atoms. The lowest BCUT2D eigenvalue weighted by Crippen LogP contribution is -2.58. The fraction of sp³-hybridized carbons (Fsp3) is 1.00. The molecule has 13 heavy (non-hydrogen) atoms. The van der Waals surface area contributed by atoms with Gasteiger partial charge in [-0.2, -0.15) is 0 Å². The third-order valence-electron chi connectivity index (χ3n) is 2.86. The van der Waals surface area contributed by atoms with Crippen LogP contribution in [0, 0.1) is 0 Å². The van der Waals surface area contributed by atoms with Gasteiger partial charge in [0.2, 0.25) is 0 Å². The average Bonchev–Trinajstić information content (AvgIpc) is 2.60. The predicted octanol–water partition coefficient (Wildman–Crippen LogP) is 1.72. The van der Waals surface area contributed by atoms with Gasteiger partial charge < -0.3 is 8.85 Å². The Labute approximate surface area is 82.3 Å². The second-order valence-corrected chi connectivity index (χ2v) is 7.75. The van der Waals surface area contributed by atoms with E-state index in [0.717, 1.165) is 13.1 Å². The molecule has 0 aromatic rings. The highest BCUT2D eigenvalue weighted by Crippen LogP contribution is 2.29. The van der Waals surface area contributed by atoms with Crippen LogP contribution < -0.4 is 0 Å². The quantitative estimate of drug-likeness (QED) is 0.649. The van der Waals surface area contributed by atoms with E-state index in [9.17, 15) is 0 Å². The Bertz CT molecular complexity index is 154. The van der Waals surface area contributed by atoms with Gasteiger partial charge in [0.25, 0.3) is 0 Å². The van der Waals surface area contributed by atoms with E-state index in [1.54, 1.807) is 14.2 Å². The summed E-state index contributed by atoms with van der Waals surface area (Å²) in [7, 11) is 1.52. The molecule has 0 N–H and O–H groups in total. The molecular weight excluding hydrogens is 182 g/mol. The third kappa shape index (κ3) is 1.96. The lowest BCUT2D eigenvalue weighted by Gasteiger charge is -2.38. The van der Waals surface area contributed by atoms with Crippen molar-refractivity contribution >= 4 is 8.72 Å². The molecule has 1 aliphatic rings. The van der Waals surface area contributed by atoms with Crippen molar-refractivity contribution in [2.45, 2.75) is 32.2 Å². The number of hydrogen-bond donors (Lipinski definition) is 0. The second kappa shape index (κ2) is 4.55. The smallest absolute Gasteiger partial charge is 0.386 e. The first-order valence-electron chi connectivity index (χ1n) is 5.02. The molecular formula is C9H21NO2Si. The van der Waals surface area contributed by atoms with Crippen LogP contribution in [-0.4, -0.2) is 40.6 Å². The first kappa shape index (κ1) is 11.2. The van der Waals surface area contributed by atoms with Crippen molar-refractivity contribution in [2.24, 2.45) is 0 Å². The first-order chi connectivity index (χ1) is 6.17. The fourth-order valence-corrected chi connectivity index (χ4v) is 5.50. The largest absolute Gasteiger partial charge is 0.429 e. The van der Waals surface area contributed by atoms with Crippen molar-refractivity contribution in [2.75, 3.05) is 27.3 Å². The van der Waals surface area contributed by atoms with Gasteiger partial charge in [-0.25, -0.2) is 0 Å². The highest BCUT2D eigenvalue weighted by molar-refractivity contribution is 6.65. The lowest BCUT2D eigenvalue weighted by atomic mass is 10.4. The Kier molecular flexibility index (Phi) is 3.91. The van der Waals surface area contributed by atoms with Crippen LogP contribution in [-0.2, 0) is 8.85 Å². The zero-order valence-electron chi connectivity index (χ0n) is 9.17. The van der Waals surface area contributed by atoms with Crippen molar-refractivity contribution in [1.29, 1.82) is 0 Å². The van der Waals surface area contributed by atoms with Gasteiger partial charge >= 0.3 is 8.72 Å². The fourth-order valence-electron chi connectivity index (χ4n) is 2.21. The summed E-state index contributed by atoms with van der Waals surface area (Å²) < 4.78 is 13.8. The minimum atomic E-state index is -2.05. The van der Waals surface area contributed by atoms with Crippen molar-refractivity contribution < 1.29 is 8.85 Å². The minimum Gasteiger partial charge on any atom is -0.386 e. The maximum atomic E-state index is 5.68. The van der Waals surface area contributed by atoms with E-state index in [0.29, 0.717) is 5.54 Å². The highest BCUT2D eigenvalue weighted by Gasteiger charge is 2.47. The van der Waals surface area contributed by atoms with Crippen LogP contribution in [0.4, 0.5) is 0 Å². The van der Waals surface area contributed by atoms with Crippen LogP contribution in [0.3, 0.4) is 0 Å². The molecule has 1 heterocycles. The van der Waals surface area contributed by atoms with E-state index in [4.69, 9.17) is 8.85 Å². The van der Waals surface area contributed by atoms with E-state index in [-0.39, 0.29) is 0 Å². The normalized spacial score (nSPS) is 20.1. The van der Waals surface area contributed by atoms with Crippen LogP contribution in [0.1, 0.15) is 26.7 Å². The summed E-state index contributed by atoms with van der Waals surface area (Å²) >= 11 is 0. The van der Waals surface area contributed by atoms with Gasteiger partial charge in [0, 0.05) is 19.8 Å². The van der Waals surface area contributed by atoms with E-state index < -0.39 is 8.72 Å². The van der Waals surface area contributed by atoms with Crippen molar-refractivity contribution in [3.8, 4) is 0 Å². The van der Waals surface area contributed by atoms with E-state index in [1.165, 1.54) is 12.8 Å². The van der Waals surface area contributed by atoms with Crippen LogP contribution >= 0.6 is 0 Å². The maximum absolute atomic E-state index is 5.68. The highest BCUT2D eigenvalue weighted by atomic mass is 28.4. The molecule has 0 atom stereocenters. The van der Waals surface area contributed by atoms with Crippen LogP contribution in [0.15, 0.2) is 0 Å². The van der Waals surface area contributed by atoms with Gasteiger partial charge in [-0.3, -0.25) is 4.57 Å². The van der Waals surface area contributed by atoms with Crippen LogP contribution in [0.2, 0.25) is 5.54 Å². The Morgan fingerprint density at radius 1 is 1.08 bits per heavy atom. The van der Waals surface area contributed by atoms with E-state index in [2.05, 4.69) is 18.4 Å². The second-order valence-electron chi connectivity index (χ2n) is 3.89. The summed E-state index contributed by atoms with van der Waals surface area (Å²) in [5, 5.41) is 0. The summed E-state index contributed by atoms with van der Waals surface area (Å²) in [6.07, 6.45) is 2.57. The average molecular weight is 203 g/mol. The van der Waals surface area contributed by atoms with Gasteiger partial charge in [-0.15, -0.1) is 0 Å².